The summed E-state index contributed by atoms with van der Waals surface area (Å²) in [6, 6.07) is 2.93. The summed E-state index contributed by atoms with van der Waals surface area (Å²) in [5.41, 5.74) is 0. The van der Waals surface area contributed by atoms with E-state index in [2.05, 4.69) is 6.92 Å². The zero-order chi connectivity index (χ0) is 21.3. The van der Waals surface area contributed by atoms with Gasteiger partial charge in [-0.15, -0.1) is 0 Å². The lowest BCUT2D eigenvalue weighted by molar-refractivity contribution is 0.120. The van der Waals surface area contributed by atoms with Crippen molar-refractivity contribution in [1.29, 1.82) is 0 Å². The summed E-state index contributed by atoms with van der Waals surface area (Å²) >= 11 is 0. The van der Waals surface area contributed by atoms with Gasteiger partial charge < -0.3 is 9.47 Å². The quantitative estimate of drug-likeness (QED) is 0.356. The predicted octanol–water partition coefficient (Wildman–Crippen LogP) is 7.94. The average Bonchev–Trinajstić information content (AvgIpc) is 2.78. The third-order valence-corrected chi connectivity index (χ3v) is 7.45. The number of rotatable bonds is 10. The molecular weight excluding hydrogens is 382 g/mol. The summed E-state index contributed by atoms with van der Waals surface area (Å²) in [4.78, 5) is 0. The highest BCUT2D eigenvalue weighted by Gasteiger charge is 2.31. The van der Waals surface area contributed by atoms with Crippen LogP contribution in [0.4, 0.5) is 8.78 Å². The van der Waals surface area contributed by atoms with Crippen LogP contribution in [0, 0.1) is 35.3 Å². The van der Waals surface area contributed by atoms with Crippen molar-refractivity contribution in [2.24, 2.45) is 23.7 Å². The van der Waals surface area contributed by atoms with Gasteiger partial charge in [0.25, 0.3) is 0 Å². The van der Waals surface area contributed by atoms with Gasteiger partial charge in [-0.2, -0.15) is 8.78 Å². The SMILES string of the molecule is CCCCC[C@H]1CC[C@H](C2CCC(COc3ccc(OCC)c(F)c3F)CC2)CC1. The van der Waals surface area contributed by atoms with Gasteiger partial charge in [0.2, 0.25) is 11.6 Å². The Morgan fingerprint density at radius 3 is 1.80 bits per heavy atom. The average molecular weight is 423 g/mol. The van der Waals surface area contributed by atoms with Crippen LogP contribution >= 0.6 is 0 Å². The molecule has 2 saturated carbocycles. The van der Waals surface area contributed by atoms with Gasteiger partial charge in [0.1, 0.15) is 0 Å². The fraction of sp³-hybridized carbons (Fsp3) is 0.769. The first kappa shape index (κ1) is 23.3. The molecule has 0 radical (unpaired) electrons. The van der Waals surface area contributed by atoms with Crippen molar-refractivity contribution >= 4 is 0 Å². The van der Waals surface area contributed by atoms with E-state index in [4.69, 9.17) is 9.47 Å². The summed E-state index contributed by atoms with van der Waals surface area (Å²) in [7, 11) is 0. The van der Waals surface area contributed by atoms with E-state index in [-0.39, 0.29) is 11.5 Å². The first-order chi connectivity index (χ1) is 14.6. The molecule has 2 nitrogen and oxygen atoms in total. The van der Waals surface area contributed by atoms with Gasteiger partial charge in [-0.3, -0.25) is 0 Å². The van der Waals surface area contributed by atoms with Crippen LogP contribution in [0.15, 0.2) is 12.1 Å². The molecular formula is C26H40F2O2. The minimum Gasteiger partial charge on any atom is -0.491 e. The van der Waals surface area contributed by atoms with Gasteiger partial charge in [0, 0.05) is 0 Å². The molecule has 2 aliphatic carbocycles. The highest BCUT2D eigenvalue weighted by atomic mass is 19.2. The molecule has 1 aromatic rings. The van der Waals surface area contributed by atoms with Crippen LogP contribution in [0.2, 0.25) is 0 Å². The molecule has 0 amide bonds. The van der Waals surface area contributed by atoms with Crippen molar-refractivity contribution in [2.75, 3.05) is 13.2 Å². The Morgan fingerprint density at radius 1 is 0.733 bits per heavy atom. The van der Waals surface area contributed by atoms with E-state index in [1.807, 2.05) is 0 Å². The van der Waals surface area contributed by atoms with Crippen LogP contribution < -0.4 is 9.47 Å². The monoisotopic (exact) mass is 422 g/mol. The van der Waals surface area contributed by atoms with Crippen molar-refractivity contribution < 1.29 is 18.3 Å². The largest absolute Gasteiger partial charge is 0.491 e. The number of hydrogen-bond acceptors (Lipinski definition) is 2. The molecule has 0 N–H and O–H groups in total. The topological polar surface area (TPSA) is 18.5 Å². The molecule has 3 rings (SSSR count). The summed E-state index contributed by atoms with van der Waals surface area (Å²) in [5, 5.41) is 0. The van der Waals surface area contributed by atoms with Crippen LogP contribution in [0.25, 0.3) is 0 Å². The van der Waals surface area contributed by atoms with Crippen molar-refractivity contribution in [2.45, 2.75) is 90.9 Å². The molecule has 0 aliphatic heterocycles. The highest BCUT2D eigenvalue weighted by molar-refractivity contribution is 5.35. The molecule has 0 unspecified atom stereocenters. The number of unbranched alkanes of at least 4 members (excludes halogenated alkanes) is 2. The first-order valence-corrected chi connectivity index (χ1v) is 12.4. The zero-order valence-corrected chi connectivity index (χ0v) is 18.9. The standard InChI is InChI=1S/C26H40F2O2/c1-3-5-6-7-19-8-12-21(13-9-19)22-14-10-20(11-15-22)18-30-24-17-16-23(29-4-2)25(27)26(24)28/h16-17,19-22H,3-15,18H2,1-2H3/t19-,20?,21-,22?. The van der Waals surface area contributed by atoms with E-state index in [9.17, 15) is 8.78 Å². The van der Waals surface area contributed by atoms with E-state index >= 15 is 0 Å². The summed E-state index contributed by atoms with van der Waals surface area (Å²) in [5.74, 6) is 1.24. The van der Waals surface area contributed by atoms with E-state index in [1.54, 1.807) is 6.92 Å². The molecule has 0 aromatic heterocycles. The third-order valence-electron chi connectivity index (χ3n) is 7.45. The van der Waals surface area contributed by atoms with Gasteiger partial charge in [-0.05, 0) is 81.3 Å². The van der Waals surface area contributed by atoms with E-state index in [0.717, 1.165) is 30.6 Å². The first-order valence-electron chi connectivity index (χ1n) is 12.4. The Hall–Kier alpha value is -1.32. The Labute approximate surface area is 181 Å². The Balaban J connectivity index is 1.38. The number of hydrogen-bond donors (Lipinski definition) is 0. The van der Waals surface area contributed by atoms with Gasteiger partial charge in [0.15, 0.2) is 11.5 Å². The van der Waals surface area contributed by atoms with E-state index in [1.165, 1.54) is 76.3 Å². The Morgan fingerprint density at radius 2 is 1.27 bits per heavy atom. The van der Waals surface area contributed by atoms with Crippen LogP contribution in [-0.4, -0.2) is 13.2 Å². The maximum absolute atomic E-state index is 14.2. The lowest BCUT2D eigenvalue weighted by Crippen LogP contribution is -2.27. The molecule has 0 saturated heterocycles. The summed E-state index contributed by atoms with van der Waals surface area (Å²) < 4.78 is 39.0. The molecule has 30 heavy (non-hydrogen) atoms. The van der Waals surface area contributed by atoms with Gasteiger partial charge in [0.05, 0.1) is 13.2 Å². The lowest BCUT2D eigenvalue weighted by atomic mass is 9.69. The van der Waals surface area contributed by atoms with Crippen LogP contribution in [0.1, 0.15) is 90.9 Å². The van der Waals surface area contributed by atoms with Gasteiger partial charge in [-0.25, -0.2) is 0 Å². The fourth-order valence-corrected chi connectivity index (χ4v) is 5.56. The van der Waals surface area contributed by atoms with Crippen molar-refractivity contribution in [1.82, 2.24) is 0 Å². The van der Waals surface area contributed by atoms with Crippen LogP contribution in [0.5, 0.6) is 11.5 Å². The Kier molecular flexibility index (Phi) is 9.27. The minimum absolute atomic E-state index is 0.000489. The second-order valence-electron chi connectivity index (χ2n) is 9.49. The van der Waals surface area contributed by atoms with E-state index < -0.39 is 11.6 Å². The molecule has 2 aliphatic rings. The fourth-order valence-electron chi connectivity index (χ4n) is 5.56. The molecule has 0 spiro atoms. The molecule has 170 valence electrons. The lowest BCUT2D eigenvalue weighted by Gasteiger charge is -2.38. The summed E-state index contributed by atoms with van der Waals surface area (Å²) in [6.45, 7) is 4.81. The molecule has 2 fully saturated rings. The van der Waals surface area contributed by atoms with E-state index in [0.29, 0.717) is 19.1 Å². The molecule has 1 aromatic carbocycles. The van der Waals surface area contributed by atoms with Gasteiger partial charge in [-0.1, -0.05) is 45.4 Å². The third kappa shape index (κ3) is 6.34. The van der Waals surface area contributed by atoms with Gasteiger partial charge >= 0.3 is 0 Å². The second-order valence-corrected chi connectivity index (χ2v) is 9.49. The van der Waals surface area contributed by atoms with Crippen LogP contribution in [0.3, 0.4) is 0 Å². The maximum atomic E-state index is 14.2. The maximum Gasteiger partial charge on any atom is 0.204 e. The number of benzene rings is 1. The number of ether oxygens (including phenoxy) is 2. The van der Waals surface area contributed by atoms with Crippen molar-refractivity contribution in [3.8, 4) is 11.5 Å². The second kappa shape index (κ2) is 11.9. The number of halogens is 2. The highest BCUT2D eigenvalue weighted by Crippen LogP contribution is 2.42. The smallest absolute Gasteiger partial charge is 0.204 e. The molecule has 0 heterocycles. The molecule has 0 bridgehead atoms. The predicted molar refractivity (Wildman–Crippen MR) is 118 cm³/mol. The Bertz CT molecular complexity index is 632. The van der Waals surface area contributed by atoms with Crippen molar-refractivity contribution in [3.05, 3.63) is 23.8 Å². The molecule has 0 atom stereocenters. The van der Waals surface area contributed by atoms with Crippen molar-refractivity contribution in [3.63, 3.8) is 0 Å². The zero-order valence-electron chi connectivity index (χ0n) is 18.9. The molecule has 4 heteroatoms. The minimum atomic E-state index is -0.955. The normalized spacial score (nSPS) is 27.1. The van der Waals surface area contributed by atoms with Crippen LogP contribution in [-0.2, 0) is 0 Å². The summed E-state index contributed by atoms with van der Waals surface area (Å²) in [6.07, 6.45) is 16.1.